The normalized spacial score (nSPS) is 27.1. The monoisotopic (exact) mass is 380 g/mol. The van der Waals surface area contributed by atoms with Crippen LogP contribution in [0.25, 0.3) is 0 Å². The molecule has 1 N–H and O–H groups in total. The topological polar surface area (TPSA) is 49.4 Å². The number of rotatable bonds is 5. The van der Waals surface area contributed by atoms with Gasteiger partial charge in [0.2, 0.25) is 5.91 Å². The number of hydrogen-bond donors (Lipinski definition) is 1. The molecule has 2 amide bonds. The molecule has 1 saturated carbocycles. The summed E-state index contributed by atoms with van der Waals surface area (Å²) in [5, 5.41) is 3.14. The molecule has 4 rings (SSSR count). The summed E-state index contributed by atoms with van der Waals surface area (Å²) in [6, 6.07) is 9.35. The lowest BCUT2D eigenvalue weighted by atomic mass is 9.84. The average molecular weight is 381 g/mol. The van der Waals surface area contributed by atoms with Crippen LogP contribution in [0.3, 0.4) is 0 Å². The molecule has 2 fully saturated rings. The largest absolute Gasteiger partial charge is 0.354 e. The Kier molecular flexibility index (Phi) is 6.13. The maximum Gasteiger partial charge on any atom is 0.254 e. The molecule has 1 saturated heterocycles. The number of nitrogens with one attached hydrogen (secondary N) is 1. The highest BCUT2D eigenvalue weighted by atomic mass is 16.2. The van der Waals surface area contributed by atoms with Gasteiger partial charge in [-0.05, 0) is 69.4 Å². The quantitative estimate of drug-likeness (QED) is 0.767. The molecule has 0 radical (unpaired) electrons. The van der Waals surface area contributed by atoms with E-state index in [9.17, 15) is 9.59 Å². The molecular formula is C24H32N2O2. The Bertz CT molecular complexity index is 727. The van der Waals surface area contributed by atoms with Crippen LogP contribution in [0.1, 0.15) is 74.6 Å². The highest BCUT2D eigenvalue weighted by Gasteiger charge is 2.47. The fraction of sp³-hybridized carbons (Fsp3) is 0.583. The van der Waals surface area contributed by atoms with E-state index >= 15 is 0 Å². The highest BCUT2D eigenvalue weighted by Crippen LogP contribution is 2.40. The molecule has 3 aliphatic rings. The molecule has 150 valence electrons. The van der Waals surface area contributed by atoms with Crippen molar-refractivity contribution in [2.45, 2.75) is 76.3 Å². The summed E-state index contributed by atoms with van der Waals surface area (Å²) in [7, 11) is 0. The Labute approximate surface area is 168 Å². The van der Waals surface area contributed by atoms with Crippen molar-refractivity contribution in [1.82, 2.24) is 10.2 Å². The van der Waals surface area contributed by atoms with E-state index in [1.807, 2.05) is 35.2 Å². The van der Waals surface area contributed by atoms with Gasteiger partial charge in [-0.2, -0.15) is 0 Å². The lowest BCUT2D eigenvalue weighted by molar-refractivity contribution is -0.125. The van der Waals surface area contributed by atoms with Crippen LogP contribution in [0.2, 0.25) is 0 Å². The SMILES string of the molecule is O=C(NCCC1=CCCCC1)[C@@H]1C[C@@H]2CCCC[C@H]2N1C(=O)c1ccccc1. The molecule has 1 aliphatic heterocycles. The van der Waals surface area contributed by atoms with Gasteiger partial charge >= 0.3 is 0 Å². The van der Waals surface area contributed by atoms with Crippen molar-refractivity contribution in [3.05, 3.63) is 47.5 Å². The lowest BCUT2D eigenvalue weighted by Gasteiger charge is -2.33. The Balaban J connectivity index is 1.44. The molecule has 28 heavy (non-hydrogen) atoms. The Hall–Kier alpha value is -2.10. The zero-order valence-electron chi connectivity index (χ0n) is 16.7. The summed E-state index contributed by atoms with van der Waals surface area (Å²) < 4.78 is 0. The molecule has 3 atom stereocenters. The van der Waals surface area contributed by atoms with Gasteiger partial charge in [0, 0.05) is 18.2 Å². The second kappa shape index (κ2) is 8.93. The summed E-state index contributed by atoms with van der Waals surface area (Å²) >= 11 is 0. The number of benzene rings is 1. The molecule has 1 aromatic rings. The number of amides is 2. The van der Waals surface area contributed by atoms with E-state index < -0.39 is 0 Å². The molecule has 1 heterocycles. The number of carbonyl (C=O) groups is 2. The Morgan fingerprint density at radius 3 is 2.64 bits per heavy atom. The lowest BCUT2D eigenvalue weighted by Crippen LogP contribution is -2.49. The van der Waals surface area contributed by atoms with Crippen molar-refractivity contribution in [2.75, 3.05) is 6.54 Å². The van der Waals surface area contributed by atoms with E-state index in [1.165, 1.54) is 37.7 Å². The molecule has 1 aromatic carbocycles. The van der Waals surface area contributed by atoms with Gasteiger partial charge in [-0.3, -0.25) is 9.59 Å². The average Bonchev–Trinajstić information content (AvgIpc) is 3.14. The van der Waals surface area contributed by atoms with Crippen LogP contribution in [0, 0.1) is 5.92 Å². The predicted molar refractivity (Wildman–Crippen MR) is 111 cm³/mol. The molecule has 0 unspecified atom stereocenters. The minimum Gasteiger partial charge on any atom is -0.354 e. The predicted octanol–water partition coefficient (Wildman–Crippen LogP) is 4.47. The minimum absolute atomic E-state index is 0.0186. The first-order valence-corrected chi connectivity index (χ1v) is 11.1. The first-order chi connectivity index (χ1) is 13.7. The van der Waals surface area contributed by atoms with Crippen molar-refractivity contribution in [2.24, 2.45) is 5.92 Å². The van der Waals surface area contributed by atoms with Crippen LogP contribution >= 0.6 is 0 Å². The molecular weight excluding hydrogens is 348 g/mol. The summed E-state index contributed by atoms with van der Waals surface area (Å²) in [5.74, 6) is 0.526. The van der Waals surface area contributed by atoms with Crippen molar-refractivity contribution in [3.63, 3.8) is 0 Å². The van der Waals surface area contributed by atoms with Crippen molar-refractivity contribution in [3.8, 4) is 0 Å². The number of fused-ring (bicyclic) bond motifs is 1. The highest BCUT2D eigenvalue weighted by molar-refractivity contribution is 5.98. The van der Waals surface area contributed by atoms with E-state index in [0.29, 0.717) is 18.0 Å². The van der Waals surface area contributed by atoms with Gasteiger partial charge in [0.1, 0.15) is 6.04 Å². The summed E-state index contributed by atoms with van der Waals surface area (Å²) in [6.45, 7) is 0.684. The van der Waals surface area contributed by atoms with Crippen LogP contribution < -0.4 is 5.32 Å². The van der Waals surface area contributed by atoms with Gasteiger partial charge in [0.25, 0.3) is 5.91 Å². The van der Waals surface area contributed by atoms with Gasteiger partial charge in [0.05, 0.1) is 0 Å². The maximum atomic E-state index is 13.3. The molecule has 4 nitrogen and oxygen atoms in total. The third-order valence-electron chi connectivity index (χ3n) is 6.78. The van der Waals surface area contributed by atoms with Gasteiger partial charge in [-0.25, -0.2) is 0 Å². The zero-order chi connectivity index (χ0) is 19.3. The molecule has 4 heteroatoms. The zero-order valence-corrected chi connectivity index (χ0v) is 16.7. The van der Waals surface area contributed by atoms with Crippen molar-refractivity contribution in [1.29, 1.82) is 0 Å². The summed E-state index contributed by atoms with van der Waals surface area (Å²) in [4.78, 5) is 28.3. The Morgan fingerprint density at radius 1 is 1.04 bits per heavy atom. The molecule has 0 bridgehead atoms. The van der Waals surface area contributed by atoms with Crippen LogP contribution in [0.5, 0.6) is 0 Å². The molecule has 2 aliphatic carbocycles. The van der Waals surface area contributed by atoms with Crippen LogP contribution in [0.15, 0.2) is 42.0 Å². The number of nitrogens with zero attached hydrogens (tertiary/aromatic N) is 1. The summed E-state index contributed by atoms with van der Waals surface area (Å²) in [6.07, 6.45) is 13.5. The van der Waals surface area contributed by atoms with Gasteiger partial charge in [-0.1, -0.05) is 42.7 Å². The van der Waals surface area contributed by atoms with Crippen molar-refractivity contribution < 1.29 is 9.59 Å². The first-order valence-electron chi connectivity index (χ1n) is 11.1. The standard InChI is InChI=1S/C24H32N2O2/c27-23(25-16-15-18-9-3-1-4-10-18)22-17-20-13-7-8-14-21(20)26(22)24(28)19-11-5-2-6-12-19/h2,5-6,9,11-12,20-22H,1,3-4,7-8,10,13-17H2,(H,25,27)/t20-,21+,22-/m0/s1. The van der Waals surface area contributed by atoms with Crippen LogP contribution in [-0.4, -0.2) is 35.3 Å². The van der Waals surface area contributed by atoms with Crippen LogP contribution in [0.4, 0.5) is 0 Å². The van der Waals surface area contributed by atoms with Crippen LogP contribution in [-0.2, 0) is 4.79 Å². The second-order valence-electron chi connectivity index (χ2n) is 8.59. The maximum absolute atomic E-state index is 13.3. The molecule has 0 spiro atoms. The summed E-state index contributed by atoms with van der Waals surface area (Å²) in [5.41, 5.74) is 2.17. The minimum atomic E-state index is -0.318. The van der Waals surface area contributed by atoms with Crippen molar-refractivity contribution >= 4 is 11.8 Å². The van der Waals surface area contributed by atoms with Gasteiger partial charge < -0.3 is 10.2 Å². The van der Waals surface area contributed by atoms with E-state index in [-0.39, 0.29) is 23.9 Å². The van der Waals surface area contributed by atoms with Gasteiger partial charge in [0.15, 0.2) is 0 Å². The fourth-order valence-corrected chi connectivity index (χ4v) is 5.31. The van der Waals surface area contributed by atoms with E-state index in [2.05, 4.69) is 11.4 Å². The Morgan fingerprint density at radius 2 is 1.86 bits per heavy atom. The smallest absolute Gasteiger partial charge is 0.254 e. The number of hydrogen-bond acceptors (Lipinski definition) is 2. The third-order valence-corrected chi connectivity index (χ3v) is 6.78. The number of carbonyl (C=O) groups excluding carboxylic acids is 2. The number of allylic oxidation sites excluding steroid dienone is 1. The molecule has 0 aromatic heterocycles. The van der Waals surface area contributed by atoms with Gasteiger partial charge in [-0.15, -0.1) is 0 Å². The van der Waals surface area contributed by atoms with E-state index in [0.717, 1.165) is 32.1 Å². The van der Waals surface area contributed by atoms with E-state index in [4.69, 9.17) is 0 Å². The fourth-order valence-electron chi connectivity index (χ4n) is 5.31. The number of likely N-dealkylation sites (tertiary alicyclic amines) is 1. The van der Waals surface area contributed by atoms with E-state index in [1.54, 1.807) is 0 Å². The third kappa shape index (κ3) is 4.16. The second-order valence-corrected chi connectivity index (χ2v) is 8.59. The first kappa shape index (κ1) is 19.2.